The summed E-state index contributed by atoms with van der Waals surface area (Å²) in [6.45, 7) is 0.288. The Morgan fingerprint density at radius 3 is 2.74 bits per heavy atom. The fourth-order valence-corrected chi connectivity index (χ4v) is 2.05. The Hall–Kier alpha value is -1.05. The van der Waals surface area contributed by atoms with E-state index in [4.69, 9.17) is 0 Å². The molecule has 1 saturated carbocycles. The number of alkyl halides is 3. The first-order valence-electron chi connectivity index (χ1n) is 5.93. The zero-order valence-electron chi connectivity index (χ0n) is 10.0. The van der Waals surface area contributed by atoms with Gasteiger partial charge < -0.3 is 5.32 Å². The molecule has 0 radical (unpaired) electrons. The molecule has 2 rings (SSSR count). The lowest BCUT2D eigenvalue weighted by molar-refractivity contribution is -0.131. The van der Waals surface area contributed by atoms with Crippen molar-refractivity contribution in [2.75, 3.05) is 11.9 Å². The van der Waals surface area contributed by atoms with E-state index in [2.05, 4.69) is 26.3 Å². The van der Waals surface area contributed by atoms with E-state index < -0.39 is 12.6 Å². The maximum absolute atomic E-state index is 12.0. The number of hydrogen-bond donors (Lipinski definition) is 1. The molecule has 19 heavy (non-hydrogen) atoms. The fourth-order valence-electron chi connectivity index (χ4n) is 1.60. The van der Waals surface area contributed by atoms with Gasteiger partial charge in [-0.2, -0.15) is 18.3 Å². The van der Waals surface area contributed by atoms with Crippen LogP contribution in [-0.2, 0) is 6.54 Å². The third-order valence-electron chi connectivity index (χ3n) is 2.84. The maximum Gasteiger partial charge on any atom is 0.390 e. The van der Waals surface area contributed by atoms with Gasteiger partial charge in [-0.3, -0.25) is 4.79 Å². The third-order valence-corrected chi connectivity index (χ3v) is 3.60. The van der Waals surface area contributed by atoms with E-state index in [1.54, 1.807) is 0 Å². The Labute approximate surface area is 116 Å². The van der Waals surface area contributed by atoms with Crippen molar-refractivity contribution in [3.8, 4) is 0 Å². The van der Waals surface area contributed by atoms with E-state index in [9.17, 15) is 18.0 Å². The van der Waals surface area contributed by atoms with Gasteiger partial charge in [0.2, 0.25) is 0 Å². The number of rotatable bonds is 5. The number of hydrogen-bond acceptors (Lipinski definition) is 3. The summed E-state index contributed by atoms with van der Waals surface area (Å²) in [4.78, 5) is 11.9. The van der Waals surface area contributed by atoms with Crippen LogP contribution in [0.25, 0.3) is 0 Å². The lowest BCUT2D eigenvalue weighted by atomic mass is 10.3. The second-order valence-corrected chi connectivity index (χ2v) is 5.39. The summed E-state index contributed by atoms with van der Waals surface area (Å²) >= 11 is 3.10. The van der Waals surface area contributed by atoms with E-state index in [1.807, 2.05) is 0 Å². The minimum absolute atomic E-state index is 0.227. The van der Waals surface area contributed by atoms with Crippen molar-refractivity contribution in [2.24, 2.45) is 5.92 Å². The van der Waals surface area contributed by atoms with Gasteiger partial charge in [0.15, 0.2) is 0 Å². The van der Waals surface area contributed by atoms with Crippen molar-refractivity contribution >= 4 is 21.6 Å². The lowest BCUT2D eigenvalue weighted by Crippen LogP contribution is -2.25. The summed E-state index contributed by atoms with van der Waals surface area (Å²) in [5.41, 5.74) is -0.0230. The van der Waals surface area contributed by atoms with Crippen molar-refractivity contribution in [2.45, 2.75) is 32.0 Å². The topological polar surface area (TPSA) is 46.9 Å². The molecular weight excluding hydrogens is 327 g/mol. The van der Waals surface area contributed by atoms with Gasteiger partial charge in [0.05, 0.1) is 18.3 Å². The van der Waals surface area contributed by atoms with Crippen LogP contribution in [0, 0.1) is 5.92 Å². The highest BCUT2D eigenvalue weighted by molar-refractivity contribution is 9.10. The van der Waals surface area contributed by atoms with Crippen LogP contribution >= 0.6 is 15.9 Å². The molecule has 0 unspecified atom stereocenters. The van der Waals surface area contributed by atoms with Crippen LogP contribution in [-0.4, -0.2) is 22.5 Å². The first-order chi connectivity index (χ1) is 8.87. The summed E-state index contributed by atoms with van der Waals surface area (Å²) in [7, 11) is 0. The lowest BCUT2D eigenvalue weighted by Gasteiger charge is -2.11. The van der Waals surface area contributed by atoms with Crippen molar-refractivity contribution in [3.05, 3.63) is 21.0 Å². The second kappa shape index (κ2) is 5.52. The van der Waals surface area contributed by atoms with Crippen LogP contribution < -0.4 is 10.9 Å². The molecule has 0 saturated heterocycles. The van der Waals surface area contributed by atoms with E-state index >= 15 is 0 Å². The van der Waals surface area contributed by atoms with E-state index in [0.29, 0.717) is 18.2 Å². The number of aromatic nitrogens is 2. The van der Waals surface area contributed by atoms with E-state index in [1.165, 1.54) is 10.9 Å². The van der Waals surface area contributed by atoms with Gasteiger partial charge in [-0.25, -0.2) is 4.68 Å². The number of nitrogens with zero attached hydrogens (tertiary/aromatic N) is 2. The highest BCUT2D eigenvalue weighted by atomic mass is 79.9. The normalized spacial score (nSPS) is 15.6. The molecular formula is C11H13BrF3N3O. The first-order valence-corrected chi connectivity index (χ1v) is 6.72. The molecule has 4 nitrogen and oxygen atoms in total. The summed E-state index contributed by atoms with van der Waals surface area (Å²) in [5.74, 6) is 0.501. The van der Waals surface area contributed by atoms with Crippen LogP contribution in [0.4, 0.5) is 18.9 Å². The van der Waals surface area contributed by atoms with Crippen LogP contribution in [0.2, 0.25) is 0 Å². The monoisotopic (exact) mass is 339 g/mol. The van der Waals surface area contributed by atoms with Crippen LogP contribution in [0.1, 0.15) is 19.3 Å². The molecule has 0 atom stereocenters. The molecule has 1 heterocycles. The molecule has 0 bridgehead atoms. The van der Waals surface area contributed by atoms with Crippen LogP contribution in [0.5, 0.6) is 0 Å². The van der Waals surface area contributed by atoms with Crippen LogP contribution in [0.3, 0.4) is 0 Å². The van der Waals surface area contributed by atoms with Crippen LogP contribution in [0.15, 0.2) is 15.5 Å². The summed E-state index contributed by atoms with van der Waals surface area (Å²) < 4.78 is 37.6. The zero-order chi connectivity index (χ0) is 14.0. The van der Waals surface area contributed by atoms with Crippen molar-refractivity contribution < 1.29 is 13.2 Å². The molecule has 1 aliphatic rings. The minimum atomic E-state index is -4.21. The molecule has 0 amide bonds. The fraction of sp³-hybridized carbons (Fsp3) is 0.636. The molecule has 1 aromatic rings. The Bertz CT molecular complexity index is 511. The standard InChI is InChI=1S/C11H13BrF3N3O/c12-9-8(16-4-3-11(13,14)15)5-17-18(10(9)19)6-7-1-2-7/h5,7,16H,1-4,6H2. The molecule has 1 fully saturated rings. The molecule has 0 aliphatic heterocycles. The summed E-state index contributed by atoms with van der Waals surface area (Å²) in [6.07, 6.45) is -1.60. The Balaban J connectivity index is 2.01. The van der Waals surface area contributed by atoms with Crippen molar-refractivity contribution in [1.82, 2.24) is 9.78 Å². The van der Waals surface area contributed by atoms with Crippen molar-refractivity contribution in [1.29, 1.82) is 0 Å². The molecule has 1 aliphatic carbocycles. The predicted molar refractivity (Wildman–Crippen MR) is 68.1 cm³/mol. The predicted octanol–water partition coefficient (Wildman–Crippen LogP) is 2.78. The Morgan fingerprint density at radius 2 is 2.16 bits per heavy atom. The SMILES string of the molecule is O=c1c(Br)c(NCCC(F)(F)F)cnn1CC1CC1. The van der Waals surface area contributed by atoms with E-state index in [0.717, 1.165) is 12.8 Å². The van der Waals surface area contributed by atoms with Gasteiger partial charge in [-0.05, 0) is 34.7 Å². The molecule has 1 aromatic heterocycles. The quantitative estimate of drug-likeness (QED) is 0.897. The third kappa shape index (κ3) is 4.22. The van der Waals surface area contributed by atoms with Gasteiger partial charge in [0.25, 0.3) is 5.56 Å². The van der Waals surface area contributed by atoms with Gasteiger partial charge in [0, 0.05) is 13.1 Å². The van der Waals surface area contributed by atoms with Gasteiger partial charge in [-0.1, -0.05) is 0 Å². The number of anilines is 1. The summed E-state index contributed by atoms with van der Waals surface area (Å²) in [5, 5.41) is 6.53. The first kappa shape index (κ1) is 14.4. The highest BCUT2D eigenvalue weighted by Crippen LogP contribution is 2.30. The minimum Gasteiger partial charge on any atom is -0.382 e. The average Bonchev–Trinajstić information content (AvgIpc) is 3.10. The molecule has 106 valence electrons. The van der Waals surface area contributed by atoms with E-state index in [-0.39, 0.29) is 16.6 Å². The largest absolute Gasteiger partial charge is 0.390 e. The Kier molecular flexibility index (Phi) is 4.17. The van der Waals surface area contributed by atoms with Gasteiger partial charge in [-0.15, -0.1) is 0 Å². The van der Waals surface area contributed by atoms with Gasteiger partial charge in [0.1, 0.15) is 4.47 Å². The molecule has 0 spiro atoms. The second-order valence-electron chi connectivity index (χ2n) is 4.59. The highest BCUT2D eigenvalue weighted by Gasteiger charge is 2.26. The molecule has 1 N–H and O–H groups in total. The smallest absolute Gasteiger partial charge is 0.382 e. The molecule has 0 aromatic carbocycles. The number of nitrogens with one attached hydrogen (secondary N) is 1. The zero-order valence-corrected chi connectivity index (χ0v) is 11.6. The average molecular weight is 340 g/mol. The van der Waals surface area contributed by atoms with Crippen molar-refractivity contribution in [3.63, 3.8) is 0 Å². The molecule has 8 heteroatoms. The Morgan fingerprint density at radius 1 is 1.47 bits per heavy atom. The summed E-state index contributed by atoms with van der Waals surface area (Å²) in [6, 6.07) is 0. The number of halogens is 4. The van der Waals surface area contributed by atoms with Gasteiger partial charge >= 0.3 is 6.18 Å². The maximum atomic E-state index is 12.0.